The molecule has 27 heavy (non-hydrogen) atoms. The van der Waals surface area contributed by atoms with Gasteiger partial charge in [0.15, 0.2) is 0 Å². The summed E-state index contributed by atoms with van der Waals surface area (Å²) in [6.07, 6.45) is 3.35. The van der Waals surface area contributed by atoms with Gasteiger partial charge in [-0.25, -0.2) is 8.42 Å². The summed E-state index contributed by atoms with van der Waals surface area (Å²) < 4.78 is 28.5. The van der Waals surface area contributed by atoms with Crippen LogP contribution in [0.3, 0.4) is 0 Å². The van der Waals surface area contributed by atoms with Crippen molar-refractivity contribution in [1.82, 2.24) is 9.88 Å². The lowest BCUT2D eigenvalue weighted by Crippen LogP contribution is -2.32. The molecule has 0 saturated carbocycles. The molecule has 1 saturated heterocycles. The second kappa shape index (κ2) is 6.36. The van der Waals surface area contributed by atoms with Crippen molar-refractivity contribution in [2.75, 3.05) is 0 Å². The summed E-state index contributed by atoms with van der Waals surface area (Å²) >= 11 is 0. The van der Waals surface area contributed by atoms with Crippen molar-refractivity contribution < 1.29 is 8.42 Å². The predicted octanol–water partition coefficient (Wildman–Crippen LogP) is 4.09. The van der Waals surface area contributed by atoms with E-state index in [2.05, 4.69) is 16.9 Å². The molecule has 2 aliphatic rings. The molecule has 0 radical (unpaired) electrons. The Morgan fingerprint density at radius 1 is 1.04 bits per heavy atom. The Kier molecular flexibility index (Phi) is 4.37. The summed E-state index contributed by atoms with van der Waals surface area (Å²) in [7, 11) is -1.41. The Morgan fingerprint density at radius 2 is 1.74 bits per heavy atom. The average molecular weight is 403 g/mol. The van der Waals surface area contributed by atoms with E-state index in [-0.39, 0.29) is 12.4 Å². The molecular weight excluding hydrogens is 380 g/mol. The third-order valence-corrected chi connectivity index (χ3v) is 7.77. The molecule has 3 heterocycles. The van der Waals surface area contributed by atoms with E-state index in [0.29, 0.717) is 21.9 Å². The summed E-state index contributed by atoms with van der Waals surface area (Å²) in [4.78, 5) is 0.730. The highest BCUT2D eigenvalue weighted by Crippen LogP contribution is 2.42. The van der Waals surface area contributed by atoms with Gasteiger partial charge in [0.1, 0.15) is 0 Å². The van der Waals surface area contributed by atoms with Gasteiger partial charge in [-0.15, -0.1) is 12.4 Å². The van der Waals surface area contributed by atoms with Crippen LogP contribution < -0.4 is 5.32 Å². The molecule has 1 fully saturated rings. The molecule has 5 rings (SSSR count). The van der Waals surface area contributed by atoms with Crippen molar-refractivity contribution in [2.45, 2.75) is 48.1 Å². The first-order valence-electron chi connectivity index (χ1n) is 9.14. The minimum absolute atomic E-state index is 0. The van der Waals surface area contributed by atoms with E-state index >= 15 is 0 Å². The molecule has 2 bridgehead atoms. The number of rotatable bonds is 2. The Bertz CT molecular complexity index is 1130. The van der Waals surface area contributed by atoms with Gasteiger partial charge >= 0.3 is 0 Å². The maximum atomic E-state index is 13.1. The standard InChI is InChI=1S/C21H22N2O2S.ClH/c1-13-3-6-15(7-4-13)26(24,25)16-8-10-19-17(12-16)21-18-9-5-14(22-18)11-20(21)23(19)2;/h3-4,6-8,10,12,14,18,22H,5,9,11H2,1-2H3;1H. The largest absolute Gasteiger partial charge is 0.347 e. The van der Waals surface area contributed by atoms with Crippen molar-refractivity contribution in [2.24, 2.45) is 7.05 Å². The Labute approximate surface area is 165 Å². The van der Waals surface area contributed by atoms with E-state index in [9.17, 15) is 8.42 Å². The van der Waals surface area contributed by atoms with Gasteiger partial charge in [0.2, 0.25) is 9.84 Å². The van der Waals surface area contributed by atoms with Crippen molar-refractivity contribution >= 4 is 33.1 Å². The molecule has 2 aliphatic heterocycles. The predicted molar refractivity (Wildman–Crippen MR) is 109 cm³/mol. The van der Waals surface area contributed by atoms with Crippen molar-refractivity contribution in [3.8, 4) is 0 Å². The highest BCUT2D eigenvalue weighted by atomic mass is 35.5. The third kappa shape index (κ3) is 2.72. The molecule has 1 N–H and O–H groups in total. The number of nitrogens with zero attached hydrogens (tertiary/aromatic N) is 1. The topological polar surface area (TPSA) is 51.1 Å². The Hall–Kier alpha value is -1.82. The van der Waals surface area contributed by atoms with Crippen LogP contribution in [0.5, 0.6) is 0 Å². The first-order chi connectivity index (χ1) is 12.4. The van der Waals surface area contributed by atoms with Crippen molar-refractivity contribution in [1.29, 1.82) is 0 Å². The molecule has 0 amide bonds. The van der Waals surface area contributed by atoms with Gasteiger partial charge in [-0.3, -0.25) is 0 Å². The van der Waals surface area contributed by atoms with Crippen LogP contribution >= 0.6 is 12.4 Å². The van der Waals surface area contributed by atoms with Gasteiger partial charge in [-0.05, 0) is 55.7 Å². The maximum Gasteiger partial charge on any atom is 0.206 e. The molecule has 3 aromatic rings. The van der Waals surface area contributed by atoms with Crippen molar-refractivity contribution in [3.05, 3.63) is 59.3 Å². The van der Waals surface area contributed by atoms with Crippen LogP contribution in [0.4, 0.5) is 0 Å². The summed E-state index contributed by atoms with van der Waals surface area (Å²) in [6, 6.07) is 13.6. The smallest absolute Gasteiger partial charge is 0.206 e. The molecule has 0 spiro atoms. The molecule has 1 aromatic heterocycles. The van der Waals surface area contributed by atoms with E-state index in [4.69, 9.17) is 0 Å². The molecule has 0 aliphatic carbocycles. The second-order valence-electron chi connectivity index (χ2n) is 7.61. The van der Waals surface area contributed by atoms with Gasteiger partial charge in [-0.1, -0.05) is 17.7 Å². The van der Waals surface area contributed by atoms with E-state index in [1.807, 2.05) is 31.2 Å². The summed E-state index contributed by atoms with van der Waals surface area (Å²) in [5, 5.41) is 4.76. The highest BCUT2D eigenvalue weighted by Gasteiger charge is 2.36. The minimum Gasteiger partial charge on any atom is -0.347 e. The van der Waals surface area contributed by atoms with Gasteiger partial charge in [0, 0.05) is 42.1 Å². The van der Waals surface area contributed by atoms with Gasteiger partial charge in [-0.2, -0.15) is 0 Å². The molecular formula is C21H23ClN2O2S. The summed E-state index contributed by atoms with van der Waals surface area (Å²) in [5.41, 5.74) is 4.83. The average Bonchev–Trinajstić information content (AvgIpc) is 3.14. The quantitative estimate of drug-likeness (QED) is 0.702. The Morgan fingerprint density at radius 3 is 2.48 bits per heavy atom. The number of fused-ring (bicyclic) bond motifs is 6. The number of halogens is 1. The number of nitrogens with one attached hydrogen (secondary N) is 1. The number of hydrogen-bond donors (Lipinski definition) is 1. The number of aryl methyl sites for hydroxylation is 2. The van der Waals surface area contributed by atoms with Gasteiger partial charge in [0.05, 0.1) is 9.79 Å². The second-order valence-corrected chi connectivity index (χ2v) is 9.56. The number of aromatic nitrogens is 1. The molecule has 4 nitrogen and oxygen atoms in total. The summed E-state index contributed by atoms with van der Waals surface area (Å²) in [6.45, 7) is 1.96. The Balaban J connectivity index is 0.00000180. The maximum absolute atomic E-state index is 13.1. The van der Waals surface area contributed by atoms with E-state index in [1.54, 1.807) is 18.2 Å². The van der Waals surface area contributed by atoms with E-state index in [1.165, 1.54) is 17.7 Å². The minimum atomic E-state index is -3.51. The molecule has 2 aromatic carbocycles. The number of benzene rings is 2. The highest BCUT2D eigenvalue weighted by molar-refractivity contribution is 7.91. The van der Waals surface area contributed by atoms with Crippen LogP contribution in [0.25, 0.3) is 10.9 Å². The van der Waals surface area contributed by atoms with Crippen LogP contribution in [0, 0.1) is 6.92 Å². The van der Waals surface area contributed by atoms with Crippen LogP contribution in [0.1, 0.15) is 35.7 Å². The lowest BCUT2D eigenvalue weighted by atomic mass is 9.99. The first-order valence-corrected chi connectivity index (χ1v) is 10.6. The molecule has 6 heteroatoms. The van der Waals surface area contributed by atoms with Crippen LogP contribution in [0.2, 0.25) is 0 Å². The van der Waals surface area contributed by atoms with Gasteiger partial charge < -0.3 is 9.88 Å². The van der Waals surface area contributed by atoms with E-state index in [0.717, 1.165) is 29.3 Å². The van der Waals surface area contributed by atoms with E-state index < -0.39 is 9.84 Å². The zero-order valence-corrected chi connectivity index (χ0v) is 17.0. The number of sulfone groups is 1. The monoisotopic (exact) mass is 402 g/mol. The lowest BCUT2D eigenvalue weighted by Gasteiger charge is -2.23. The zero-order chi connectivity index (χ0) is 18.1. The number of hydrogen-bond acceptors (Lipinski definition) is 3. The van der Waals surface area contributed by atoms with Crippen molar-refractivity contribution in [3.63, 3.8) is 0 Å². The fourth-order valence-electron chi connectivity index (χ4n) is 4.60. The molecule has 2 atom stereocenters. The lowest BCUT2D eigenvalue weighted by molar-refractivity contribution is 0.503. The fourth-order valence-corrected chi connectivity index (χ4v) is 5.89. The van der Waals surface area contributed by atoms with Crippen LogP contribution in [-0.4, -0.2) is 19.0 Å². The zero-order valence-electron chi connectivity index (χ0n) is 15.4. The normalized spacial score (nSPS) is 21.1. The third-order valence-electron chi connectivity index (χ3n) is 6.01. The summed E-state index contributed by atoms with van der Waals surface area (Å²) in [5.74, 6) is 0. The molecule has 2 unspecified atom stereocenters. The fraction of sp³-hybridized carbons (Fsp3) is 0.333. The van der Waals surface area contributed by atoms with Crippen LogP contribution in [-0.2, 0) is 23.3 Å². The SMILES string of the molecule is Cc1ccc(S(=O)(=O)c2ccc3c(c2)c2c(n3C)CC3CCC2N3)cc1.Cl. The first kappa shape index (κ1) is 18.5. The van der Waals surface area contributed by atoms with Gasteiger partial charge in [0.25, 0.3) is 0 Å². The van der Waals surface area contributed by atoms with Crippen LogP contribution in [0.15, 0.2) is 52.3 Å². The molecule has 142 valence electrons.